The molecule has 9 heteroatoms. The van der Waals surface area contributed by atoms with E-state index in [2.05, 4.69) is 20.3 Å². The van der Waals surface area contributed by atoms with Crippen molar-refractivity contribution >= 4 is 28.9 Å². The fourth-order valence-corrected chi connectivity index (χ4v) is 4.59. The van der Waals surface area contributed by atoms with Crippen molar-refractivity contribution in [2.75, 3.05) is 25.6 Å². The van der Waals surface area contributed by atoms with Crippen LogP contribution in [0.3, 0.4) is 0 Å². The third-order valence-corrected chi connectivity index (χ3v) is 6.57. The van der Waals surface area contributed by atoms with Crippen LogP contribution in [0.1, 0.15) is 39.7 Å². The number of aliphatic hydroxyl groups excluding tert-OH is 1. The van der Waals surface area contributed by atoms with Crippen LogP contribution in [-0.4, -0.2) is 58.9 Å². The smallest absolute Gasteiger partial charge is 0.223 e. The van der Waals surface area contributed by atoms with Crippen molar-refractivity contribution in [2.45, 2.75) is 57.3 Å². The first-order chi connectivity index (χ1) is 15.0. The molecule has 0 spiro atoms. The van der Waals surface area contributed by atoms with Gasteiger partial charge < -0.3 is 19.9 Å². The van der Waals surface area contributed by atoms with E-state index in [-0.39, 0.29) is 12.6 Å². The summed E-state index contributed by atoms with van der Waals surface area (Å²) < 4.78 is 26.1. The minimum Gasteiger partial charge on any atom is -0.389 e. The van der Waals surface area contributed by atoms with E-state index in [0.717, 1.165) is 11.3 Å². The molecule has 0 bridgehead atoms. The van der Waals surface area contributed by atoms with Crippen LogP contribution in [0.15, 0.2) is 23.3 Å². The van der Waals surface area contributed by atoms with Crippen molar-refractivity contribution in [1.82, 2.24) is 9.97 Å². The van der Waals surface area contributed by atoms with E-state index in [1.165, 1.54) is 12.3 Å². The highest BCUT2D eigenvalue weighted by atomic mass is 35.5. The van der Waals surface area contributed by atoms with E-state index in [1.807, 2.05) is 33.8 Å². The Kier molecular flexibility index (Phi) is 6.00. The number of ether oxygens (including phenoxy) is 2. The Hall–Kier alpha value is -2.13. The summed E-state index contributed by atoms with van der Waals surface area (Å²) in [6.07, 6.45) is 1.44. The Bertz CT molecular complexity index is 1070. The standard InChI is InChI=1S/C23H28ClFN4O3/c1-22(2)13-8-12(9-15(25)19(13)28-20(22)23(3,4)31-5)18-14(24)10-26-21(29-18)27-16-6-7-32-11-17(16)30/h8-10,16-17,30H,6-7,11H2,1-5H3,(H,26,27,29). The molecule has 1 saturated heterocycles. The number of aliphatic hydroxyl groups is 1. The van der Waals surface area contributed by atoms with Crippen LogP contribution < -0.4 is 5.32 Å². The molecular formula is C23H28ClFN4O3. The summed E-state index contributed by atoms with van der Waals surface area (Å²) >= 11 is 6.41. The van der Waals surface area contributed by atoms with E-state index in [9.17, 15) is 5.11 Å². The quantitative estimate of drug-likeness (QED) is 0.689. The average molecular weight is 463 g/mol. The molecule has 0 radical (unpaired) electrons. The molecule has 7 nitrogen and oxygen atoms in total. The maximum Gasteiger partial charge on any atom is 0.223 e. The topological polar surface area (TPSA) is 88.9 Å². The fourth-order valence-electron chi connectivity index (χ4n) is 4.39. The summed E-state index contributed by atoms with van der Waals surface area (Å²) in [5, 5.41) is 13.6. The lowest BCUT2D eigenvalue weighted by atomic mass is 9.75. The Morgan fingerprint density at radius 1 is 1.34 bits per heavy atom. The number of hydrogen-bond donors (Lipinski definition) is 2. The molecule has 32 heavy (non-hydrogen) atoms. The minimum atomic E-state index is -0.663. The lowest BCUT2D eigenvalue weighted by Gasteiger charge is -2.33. The Balaban J connectivity index is 1.72. The molecule has 0 amide bonds. The van der Waals surface area contributed by atoms with Crippen molar-refractivity contribution in [1.29, 1.82) is 0 Å². The third kappa shape index (κ3) is 4.01. The number of anilines is 1. The first-order valence-electron chi connectivity index (χ1n) is 10.6. The SMILES string of the molecule is COC(C)(C)C1=Nc2c(F)cc(-c3nc(NC4CCOCC4O)ncc3Cl)cc2C1(C)C. The van der Waals surface area contributed by atoms with Crippen LogP contribution in [0, 0.1) is 5.82 Å². The second-order valence-electron chi connectivity index (χ2n) is 9.23. The van der Waals surface area contributed by atoms with Gasteiger partial charge in [0.25, 0.3) is 0 Å². The van der Waals surface area contributed by atoms with Crippen molar-refractivity contribution < 1.29 is 19.0 Å². The van der Waals surface area contributed by atoms with E-state index >= 15 is 4.39 Å². The Labute approximate surface area is 192 Å². The summed E-state index contributed by atoms with van der Waals surface area (Å²) in [5.41, 5.74) is 1.56. The predicted octanol–water partition coefficient (Wildman–Crippen LogP) is 4.29. The zero-order valence-electron chi connectivity index (χ0n) is 18.9. The second kappa shape index (κ2) is 8.33. The molecule has 0 saturated carbocycles. The molecule has 1 aromatic carbocycles. The van der Waals surface area contributed by atoms with Gasteiger partial charge in [0.2, 0.25) is 5.95 Å². The van der Waals surface area contributed by atoms with Gasteiger partial charge in [-0.3, -0.25) is 4.99 Å². The summed E-state index contributed by atoms with van der Waals surface area (Å²) in [5.74, 6) is -0.135. The molecule has 4 rings (SSSR count). The number of nitrogens with zero attached hydrogens (tertiary/aromatic N) is 3. The third-order valence-electron chi connectivity index (χ3n) is 6.29. The van der Waals surface area contributed by atoms with Crippen LogP contribution in [0.5, 0.6) is 0 Å². The number of benzene rings is 1. The molecule has 0 aliphatic carbocycles. The second-order valence-corrected chi connectivity index (χ2v) is 9.63. The van der Waals surface area contributed by atoms with Crippen LogP contribution in [0.4, 0.5) is 16.0 Å². The van der Waals surface area contributed by atoms with Gasteiger partial charge in [-0.15, -0.1) is 0 Å². The maximum atomic E-state index is 15.2. The molecule has 2 atom stereocenters. The molecular weight excluding hydrogens is 435 g/mol. The highest BCUT2D eigenvalue weighted by Gasteiger charge is 2.44. The molecule has 2 aliphatic heterocycles. The minimum absolute atomic E-state index is 0.235. The highest BCUT2D eigenvalue weighted by molar-refractivity contribution is 6.33. The molecule has 1 aromatic heterocycles. The summed E-state index contributed by atoms with van der Waals surface area (Å²) in [7, 11) is 1.62. The molecule has 172 valence electrons. The van der Waals surface area contributed by atoms with Gasteiger partial charge in [0.1, 0.15) is 17.1 Å². The summed E-state index contributed by atoms with van der Waals surface area (Å²) in [6.45, 7) is 8.64. The Morgan fingerprint density at radius 2 is 2.09 bits per heavy atom. The normalized spacial score (nSPS) is 22.4. The largest absolute Gasteiger partial charge is 0.389 e. The van der Waals surface area contributed by atoms with Gasteiger partial charge in [-0.25, -0.2) is 14.4 Å². The maximum absolute atomic E-state index is 15.2. The van der Waals surface area contributed by atoms with Crippen molar-refractivity contribution in [2.24, 2.45) is 4.99 Å². The van der Waals surface area contributed by atoms with Gasteiger partial charge in [-0.1, -0.05) is 25.4 Å². The highest BCUT2D eigenvalue weighted by Crippen LogP contribution is 2.47. The number of aromatic nitrogens is 2. The van der Waals surface area contributed by atoms with Crippen LogP contribution in [0.2, 0.25) is 5.02 Å². The monoisotopic (exact) mass is 462 g/mol. The molecule has 1 fully saturated rings. The van der Waals surface area contributed by atoms with Crippen LogP contribution in [-0.2, 0) is 14.9 Å². The summed E-state index contributed by atoms with van der Waals surface area (Å²) in [6, 6.07) is 3.03. The van der Waals surface area contributed by atoms with Gasteiger partial charge in [0, 0.05) is 24.7 Å². The van der Waals surface area contributed by atoms with E-state index < -0.39 is 22.9 Å². The number of nitrogens with one attached hydrogen (secondary N) is 1. The lowest BCUT2D eigenvalue weighted by molar-refractivity contribution is -0.0136. The fraction of sp³-hybridized carbons (Fsp3) is 0.522. The van der Waals surface area contributed by atoms with Gasteiger partial charge in [0.05, 0.1) is 41.4 Å². The zero-order chi connectivity index (χ0) is 23.3. The molecule has 2 aliphatic rings. The zero-order valence-corrected chi connectivity index (χ0v) is 19.6. The van der Waals surface area contributed by atoms with E-state index in [1.54, 1.807) is 7.11 Å². The molecule has 3 heterocycles. The van der Waals surface area contributed by atoms with Gasteiger partial charge in [-0.05, 0) is 38.0 Å². The number of aliphatic imine (C=N–C) groups is 1. The molecule has 2 aromatic rings. The first-order valence-corrected chi connectivity index (χ1v) is 11.0. The van der Waals surface area contributed by atoms with Gasteiger partial charge >= 0.3 is 0 Å². The van der Waals surface area contributed by atoms with Crippen molar-refractivity contribution in [3.05, 3.63) is 34.7 Å². The Morgan fingerprint density at radius 3 is 2.78 bits per heavy atom. The van der Waals surface area contributed by atoms with E-state index in [4.69, 9.17) is 21.1 Å². The number of hydrogen-bond acceptors (Lipinski definition) is 7. The van der Waals surface area contributed by atoms with Gasteiger partial charge in [0.15, 0.2) is 0 Å². The lowest BCUT2D eigenvalue weighted by Crippen LogP contribution is -2.43. The predicted molar refractivity (Wildman–Crippen MR) is 122 cm³/mol. The molecule has 2 unspecified atom stereocenters. The number of rotatable bonds is 5. The number of fused-ring (bicyclic) bond motifs is 1. The van der Waals surface area contributed by atoms with Gasteiger partial charge in [-0.2, -0.15) is 0 Å². The van der Waals surface area contributed by atoms with Crippen LogP contribution >= 0.6 is 11.6 Å². The number of methoxy groups -OCH3 is 1. The average Bonchev–Trinajstić information content (AvgIpc) is 3.03. The first kappa shape index (κ1) is 23.0. The van der Waals surface area contributed by atoms with E-state index in [0.29, 0.717) is 40.9 Å². The summed E-state index contributed by atoms with van der Waals surface area (Å²) in [4.78, 5) is 13.4. The number of halogens is 2. The molecule has 2 N–H and O–H groups in total. The van der Waals surface area contributed by atoms with Crippen LogP contribution in [0.25, 0.3) is 11.3 Å². The van der Waals surface area contributed by atoms with Crippen molar-refractivity contribution in [3.63, 3.8) is 0 Å². The van der Waals surface area contributed by atoms with Crippen molar-refractivity contribution in [3.8, 4) is 11.3 Å².